The molecule has 0 rings (SSSR count). The van der Waals surface area contributed by atoms with Gasteiger partial charge in [-0.25, -0.2) is 0 Å². The summed E-state index contributed by atoms with van der Waals surface area (Å²) in [6.07, 6.45) is 0. The number of hydrogen-bond donors (Lipinski definition) is 0. The molecule has 0 aliphatic carbocycles. The zero-order valence-corrected chi connectivity index (χ0v) is 13.9. The molecule has 0 saturated heterocycles. The Balaban J connectivity index is 0. The van der Waals surface area contributed by atoms with Crippen molar-refractivity contribution in [3.8, 4) is 0 Å². The van der Waals surface area contributed by atoms with Crippen LogP contribution in [0.3, 0.4) is 0 Å². The largest absolute Gasteiger partial charge is 0 e. The molecule has 0 aliphatic heterocycles. The van der Waals surface area contributed by atoms with Crippen LogP contribution in [0.15, 0.2) is 0 Å². The summed E-state index contributed by atoms with van der Waals surface area (Å²) < 4.78 is 0. The maximum Gasteiger partial charge on any atom is 0 e. The molecule has 0 bridgehead atoms. The Morgan fingerprint density at radius 1 is 1.00 bits per heavy atom. The van der Waals surface area contributed by atoms with Gasteiger partial charge in [-0.05, 0) is 0 Å². The summed E-state index contributed by atoms with van der Waals surface area (Å²) in [7, 11) is 0. The molecule has 4 radical (unpaired) electrons. The first-order valence-corrected chi connectivity index (χ1v) is 0. The first kappa shape index (κ1) is 66.6. The molecule has 0 unspecified atom stereocenters. The second kappa shape index (κ2) is 49.3. The zero-order chi connectivity index (χ0) is 0. The van der Waals surface area contributed by atoms with Gasteiger partial charge in [0.05, 0.1) is 0 Å². The Morgan fingerprint density at radius 3 is 1.00 bits per heavy atom. The van der Waals surface area contributed by atoms with Crippen LogP contribution in [0.1, 0.15) is 0 Å². The Morgan fingerprint density at radius 2 is 1.00 bits per heavy atom. The quantitative estimate of drug-likeness (QED) is 0.379. The third-order valence-corrected chi connectivity index (χ3v) is 0. The van der Waals surface area contributed by atoms with Crippen molar-refractivity contribution in [3.63, 3.8) is 0 Å². The van der Waals surface area contributed by atoms with Crippen molar-refractivity contribution in [3.05, 3.63) is 0 Å². The second-order valence-electron chi connectivity index (χ2n) is 0. The molecule has 0 aromatic rings. The molecule has 0 aliphatic rings. The van der Waals surface area contributed by atoms with Crippen molar-refractivity contribution in [1.29, 1.82) is 0 Å². The van der Waals surface area contributed by atoms with E-state index < -0.39 is 0 Å². The van der Waals surface area contributed by atoms with Crippen molar-refractivity contribution >= 4 is 17.4 Å². The van der Waals surface area contributed by atoms with Gasteiger partial charge in [0.2, 0.25) is 0 Å². The summed E-state index contributed by atoms with van der Waals surface area (Å²) in [5.74, 6) is 0. The van der Waals surface area contributed by atoms with Gasteiger partial charge >= 0.3 is 0 Å². The van der Waals surface area contributed by atoms with Gasteiger partial charge in [0, 0.05) is 132 Å². The van der Waals surface area contributed by atoms with Gasteiger partial charge in [-0.3, -0.25) is 0 Å². The van der Waals surface area contributed by atoms with Crippen molar-refractivity contribution in [2.75, 3.05) is 0 Å². The fraction of sp³-hybridized carbons (Fsp3) is 0. The molecule has 0 amide bonds. The predicted molar refractivity (Wildman–Crippen MR) is 5.75 cm³/mol. The Hall–Kier alpha value is 4.16. The molecule has 7 heavy (non-hydrogen) atoms. The van der Waals surface area contributed by atoms with Gasteiger partial charge < -0.3 is 0 Å². The monoisotopic (exact) mass is 526 g/mol. The first-order valence-electron chi connectivity index (χ1n) is 0. The minimum absolute atomic E-state index is 0. The van der Waals surface area contributed by atoms with Crippen molar-refractivity contribution < 1.29 is 114 Å². The van der Waals surface area contributed by atoms with Gasteiger partial charge in [-0.2, -0.15) is 0 Å². The summed E-state index contributed by atoms with van der Waals surface area (Å²) in [5.41, 5.74) is 0. The molecule has 0 N–H and O–H groups in total. The average Bonchev–Trinajstić information content (AvgIpc) is 0. The van der Waals surface area contributed by atoms with Crippen LogP contribution < -0.4 is 0 Å². The molecule has 0 aromatic carbocycles. The maximum atomic E-state index is 0. The van der Waals surface area contributed by atoms with Crippen LogP contribution in [-0.4, -0.2) is 17.4 Å². The molecule has 44 valence electrons. The second-order valence-corrected chi connectivity index (χ2v) is 0. The molecule has 7 heteroatoms. The van der Waals surface area contributed by atoms with E-state index in [2.05, 4.69) is 0 Å². The standard InChI is InChI=1S/Al.Co.Cr.Mo.Ni.Ti.W. The van der Waals surface area contributed by atoms with Gasteiger partial charge in [0.15, 0.2) is 0 Å². The van der Waals surface area contributed by atoms with E-state index in [1.54, 1.807) is 0 Å². The van der Waals surface area contributed by atoms with Gasteiger partial charge in [0.1, 0.15) is 0 Å². The molecule has 0 spiro atoms. The maximum absolute atomic E-state index is 0. The van der Waals surface area contributed by atoms with E-state index in [4.69, 9.17) is 0 Å². The summed E-state index contributed by atoms with van der Waals surface area (Å²) in [6.45, 7) is 0. The van der Waals surface area contributed by atoms with Crippen LogP contribution >= 0.6 is 0 Å². The molecule has 0 nitrogen and oxygen atoms in total. The Kier molecular flexibility index (Phi) is 469. The smallest absolute Gasteiger partial charge is 0 e. The van der Waals surface area contributed by atoms with Crippen LogP contribution in [-0.2, 0) is 114 Å². The Bertz CT molecular complexity index is 19.7. The van der Waals surface area contributed by atoms with E-state index in [0.29, 0.717) is 0 Å². The van der Waals surface area contributed by atoms with E-state index in [-0.39, 0.29) is 132 Å². The molecule has 0 fully saturated rings. The van der Waals surface area contributed by atoms with Gasteiger partial charge in [-0.1, -0.05) is 0 Å². The third-order valence-electron chi connectivity index (χ3n) is 0. The van der Waals surface area contributed by atoms with Gasteiger partial charge in [-0.15, -0.1) is 0 Å². The average molecular weight is 524 g/mol. The van der Waals surface area contributed by atoms with E-state index in [1.807, 2.05) is 0 Å². The van der Waals surface area contributed by atoms with E-state index in [0.717, 1.165) is 0 Å². The fourth-order valence-electron chi connectivity index (χ4n) is 0. The summed E-state index contributed by atoms with van der Waals surface area (Å²) >= 11 is 0. The van der Waals surface area contributed by atoms with E-state index >= 15 is 0 Å². The SMILES string of the molecule is [Al].[Co].[Cr].[Mo].[Ni].[Ti].[W]. The fourth-order valence-corrected chi connectivity index (χ4v) is 0. The van der Waals surface area contributed by atoms with Crippen LogP contribution in [0.2, 0.25) is 0 Å². The molecule has 0 atom stereocenters. The van der Waals surface area contributed by atoms with Crippen LogP contribution in [0.5, 0.6) is 0 Å². The summed E-state index contributed by atoms with van der Waals surface area (Å²) in [4.78, 5) is 0. The zero-order valence-electron chi connectivity index (χ0n) is 2.95. The summed E-state index contributed by atoms with van der Waals surface area (Å²) in [6, 6.07) is 0. The van der Waals surface area contributed by atoms with Crippen LogP contribution in [0.25, 0.3) is 0 Å². The van der Waals surface area contributed by atoms with E-state index in [9.17, 15) is 0 Å². The number of rotatable bonds is 0. The third kappa shape index (κ3) is 39.1. The summed E-state index contributed by atoms with van der Waals surface area (Å²) in [5, 5.41) is 0. The van der Waals surface area contributed by atoms with Crippen LogP contribution in [0.4, 0.5) is 0 Å². The number of hydrogen-bond acceptors (Lipinski definition) is 0. The Labute approximate surface area is 129 Å². The molecule has 0 heterocycles. The predicted octanol–water partition coefficient (Wildman–Crippen LogP) is -0.396. The van der Waals surface area contributed by atoms with Crippen molar-refractivity contribution in [1.82, 2.24) is 0 Å². The molecular formula is AlCoCrMoNiTiW. The topological polar surface area (TPSA) is 0 Å². The minimum atomic E-state index is 0. The van der Waals surface area contributed by atoms with Crippen LogP contribution in [0, 0.1) is 0 Å². The normalized spacial score (nSPS) is 0. The van der Waals surface area contributed by atoms with Crippen molar-refractivity contribution in [2.24, 2.45) is 0 Å². The van der Waals surface area contributed by atoms with E-state index in [1.165, 1.54) is 0 Å². The van der Waals surface area contributed by atoms with Gasteiger partial charge in [0.25, 0.3) is 0 Å². The first-order chi connectivity index (χ1) is 0. The van der Waals surface area contributed by atoms with Crippen molar-refractivity contribution in [2.45, 2.75) is 0 Å². The molecule has 0 aromatic heterocycles. The molecular weight excluding hydrogens is 524 g/mol. The molecule has 0 saturated carbocycles. The minimum Gasteiger partial charge on any atom is 0 e.